The van der Waals surface area contributed by atoms with Gasteiger partial charge in [-0.15, -0.1) is 0 Å². The summed E-state index contributed by atoms with van der Waals surface area (Å²) in [5.41, 5.74) is 2.70. The lowest BCUT2D eigenvalue weighted by atomic mass is 10.3. The van der Waals surface area contributed by atoms with E-state index in [0.717, 1.165) is 13.1 Å². The first-order valence-electron chi connectivity index (χ1n) is 5.07. The van der Waals surface area contributed by atoms with Crippen LogP contribution in [0.3, 0.4) is 0 Å². The fraction of sp³-hybridized carbons (Fsp3) is 0.636. The van der Waals surface area contributed by atoms with E-state index in [4.69, 9.17) is 0 Å². The predicted octanol–water partition coefficient (Wildman–Crippen LogP) is 2.22. The van der Waals surface area contributed by atoms with Crippen molar-refractivity contribution < 1.29 is 0 Å². The smallest absolute Gasteiger partial charge is 0.0359 e. The van der Waals surface area contributed by atoms with Crippen molar-refractivity contribution in [1.82, 2.24) is 9.88 Å². The van der Waals surface area contributed by atoms with Gasteiger partial charge in [0.05, 0.1) is 0 Å². The number of hydrogen-bond donors (Lipinski definition) is 1. The summed E-state index contributed by atoms with van der Waals surface area (Å²) in [7, 11) is 2.12. The minimum atomic E-state index is 0.990. The van der Waals surface area contributed by atoms with Crippen LogP contribution in [0.25, 0.3) is 0 Å². The van der Waals surface area contributed by atoms with E-state index in [1.54, 1.807) is 0 Å². The topological polar surface area (TPSA) is 17.0 Å². The molecule has 0 aliphatic carbocycles. The van der Waals surface area contributed by atoms with Crippen molar-refractivity contribution in [3.63, 3.8) is 0 Å². The summed E-state index contributed by atoms with van der Waals surface area (Å²) in [5, 5.41) is 3.44. The molecule has 0 aliphatic rings. The molecule has 74 valence electrons. The Balaban J connectivity index is 2.32. The van der Waals surface area contributed by atoms with Crippen LogP contribution < -0.4 is 5.32 Å². The molecular weight excluding hydrogens is 160 g/mol. The van der Waals surface area contributed by atoms with Crippen molar-refractivity contribution in [3.8, 4) is 0 Å². The Labute approximate surface area is 81.0 Å². The van der Waals surface area contributed by atoms with E-state index < -0.39 is 0 Å². The first kappa shape index (κ1) is 10.3. The predicted molar refractivity (Wildman–Crippen MR) is 56.8 cm³/mol. The molecular formula is C11H20N2. The Kier molecular flexibility index (Phi) is 4.03. The van der Waals surface area contributed by atoms with Crippen LogP contribution in [0, 0.1) is 6.92 Å². The zero-order chi connectivity index (χ0) is 9.68. The molecule has 0 spiro atoms. The number of rotatable bonds is 5. The molecule has 0 saturated heterocycles. The van der Waals surface area contributed by atoms with Gasteiger partial charge in [-0.25, -0.2) is 0 Å². The molecule has 0 atom stereocenters. The molecule has 1 N–H and O–H groups in total. The molecule has 2 heteroatoms. The maximum atomic E-state index is 3.44. The highest BCUT2D eigenvalue weighted by Gasteiger charge is 1.98. The molecule has 2 nitrogen and oxygen atoms in total. The molecule has 0 saturated carbocycles. The Morgan fingerprint density at radius 3 is 2.69 bits per heavy atom. The van der Waals surface area contributed by atoms with Crippen LogP contribution in [0.1, 0.15) is 31.2 Å². The maximum Gasteiger partial charge on any atom is 0.0359 e. The van der Waals surface area contributed by atoms with E-state index in [9.17, 15) is 0 Å². The van der Waals surface area contributed by atoms with Gasteiger partial charge in [-0.3, -0.25) is 0 Å². The number of aryl methyl sites for hydroxylation is 1. The third-order valence-corrected chi connectivity index (χ3v) is 2.49. The van der Waals surface area contributed by atoms with Gasteiger partial charge < -0.3 is 9.88 Å². The Hall–Kier alpha value is -0.760. The van der Waals surface area contributed by atoms with Gasteiger partial charge in [-0.2, -0.15) is 0 Å². The lowest BCUT2D eigenvalue weighted by Gasteiger charge is -2.06. The van der Waals surface area contributed by atoms with Crippen LogP contribution in [-0.4, -0.2) is 11.1 Å². The molecule has 0 unspecified atom stereocenters. The summed E-state index contributed by atoms with van der Waals surface area (Å²) in [6.45, 7) is 6.47. The Morgan fingerprint density at radius 1 is 1.38 bits per heavy atom. The fourth-order valence-corrected chi connectivity index (χ4v) is 1.36. The second kappa shape index (κ2) is 5.07. The zero-order valence-electron chi connectivity index (χ0n) is 8.93. The lowest BCUT2D eigenvalue weighted by molar-refractivity contribution is 0.617. The second-order valence-electron chi connectivity index (χ2n) is 3.56. The lowest BCUT2D eigenvalue weighted by Crippen LogP contribution is -2.16. The van der Waals surface area contributed by atoms with Gasteiger partial charge in [0, 0.05) is 25.0 Å². The molecule has 1 heterocycles. The van der Waals surface area contributed by atoms with Crippen molar-refractivity contribution >= 4 is 0 Å². The normalized spacial score (nSPS) is 10.7. The number of nitrogens with zero attached hydrogens (tertiary/aromatic N) is 1. The molecule has 0 aliphatic heterocycles. The van der Waals surface area contributed by atoms with E-state index in [2.05, 4.69) is 42.9 Å². The summed E-state index contributed by atoms with van der Waals surface area (Å²) in [4.78, 5) is 0. The zero-order valence-corrected chi connectivity index (χ0v) is 8.93. The van der Waals surface area contributed by atoms with Crippen molar-refractivity contribution in [2.45, 2.75) is 33.2 Å². The highest BCUT2D eigenvalue weighted by Crippen LogP contribution is 2.04. The third kappa shape index (κ3) is 2.88. The van der Waals surface area contributed by atoms with Crippen LogP contribution in [0.2, 0.25) is 0 Å². The minimum Gasteiger partial charge on any atom is -0.351 e. The monoisotopic (exact) mass is 180 g/mol. The van der Waals surface area contributed by atoms with Crippen LogP contribution in [-0.2, 0) is 13.6 Å². The van der Waals surface area contributed by atoms with Crippen molar-refractivity contribution in [3.05, 3.63) is 23.5 Å². The average Bonchev–Trinajstić information content (AvgIpc) is 2.43. The Bertz CT molecular complexity index is 251. The van der Waals surface area contributed by atoms with E-state index >= 15 is 0 Å². The van der Waals surface area contributed by atoms with E-state index in [1.807, 2.05) is 0 Å². The van der Waals surface area contributed by atoms with Crippen LogP contribution in [0.4, 0.5) is 0 Å². The van der Waals surface area contributed by atoms with Gasteiger partial charge in [0.2, 0.25) is 0 Å². The molecule has 0 fully saturated rings. The molecule has 1 aromatic heterocycles. The summed E-state index contributed by atoms with van der Waals surface area (Å²) < 4.78 is 2.24. The number of aromatic nitrogens is 1. The second-order valence-corrected chi connectivity index (χ2v) is 3.56. The summed E-state index contributed by atoms with van der Waals surface area (Å²) >= 11 is 0. The standard InChI is InChI=1S/C11H20N2/c1-4-5-8-12-9-11-7-6-10(2)13(11)3/h6-7,12H,4-5,8-9H2,1-3H3. The summed E-state index contributed by atoms with van der Waals surface area (Å²) in [5.74, 6) is 0. The molecule has 13 heavy (non-hydrogen) atoms. The fourth-order valence-electron chi connectivity index (χ4n) is 1.36. The molecule has 1 aromatic rings. The molecule has 1 rings (SSSR count). The van der Waals surface area contributed by atoms with Gasteiger partial charge in [-0.1, -0.05) is 13.3 Å². The quantitative estimate of drug-likeness (QED) is 0.687. The average molecular weight is 180 g/mol. The van der Waals surface area contributed by atoms with E-state index in [0.29, 0.717) is 0 Å². The number of nitrogens with one attached hydrogen (secondary N) is 1. The third-order valence-electron chi connectivity index (χ3n) is 2.49. The van der Waals surface area contributed by atoms with Gasteiger partial charge in [-0.05, 0) is 32.0 Å². The highest BCUT2D eigenvalue weighted by atomic mass is 15.0. The number of hydrogen-bond acceptors (Lipinski definition) is 1. The van der Waals surface area contributed by atoms with Gasteiger partial charge in [0.25, 0.3) is 0 Å². The van der Waals surface area contributed by atoms with Crippen molar-refractivity contribution in [2.75, 3.05) is 6.54 Å². The summed E-state index contributed by atoms with van der Waals surface area (Å²) in [6, 6.07) is 4.35. The van der Waals surface area contributed by atoms with Crippen LogP contribution >= 0.6 is 0 Å². The maximum absolute atomic E-state index is 3.44. The van der Waals surface area contributed by atoms with Crippen molar-refractivity contribution in [2.24, 2.45) is 7.05 Å². The molecule has 0 bridgehead atoms. The Morgan fingerprint density at radius 2 is 2.15 bits per heavy atom. The SMILES string of the molecule is CCCCNCc1ccc(C)n1C. The first-order chi connectivity index (χ1) is 6.25. The highest BCUT2D eigenvalue weighted by molar-refractivity contribution is 5.14. The molecule has 0 radical (unpaired) electrons. The van der Waals surface area contributed by atoms with Crippen LogP contribution in [0.15, 0.2) is 12.1 Å². The minimum absolute atomic E-state index is 0.990. The van der Waals surface area contributed by atoms with Crippen molar-refractivity contribution in [1.29, 1.82) is 0 Å². The summed E-state index contributed by atoms with van der Waals surface area (Å²) in [6.07, 6.45) is 2.53. The first-order valence-corrected chi connectivity index (χ1v) is 5.07. The van der Waals surface area contributed by atoms with Gasteiger partial charge >= 0.3 is 0 Å². The largest absolute Gasteiger partial charge is 0.351 e. The van der Waals surface area contributed by atoms with Crippen LogP contribution in [0.5, 0.6) is 0 Å². The molecule has 0 amide bonds. The molecule has 0 aromatic carbocycles. The van der Waals surface area contributed by atoms with Gasteiger partial charge in [0.15, 0.2) is 0 Å². The van der Waals surface area contributed by atoms with Gasteiger partial charge in [0.1, 0.15) is 0 Å². The van der Waals surface area contributed by atoms with E-state index in [-0.39, 0.29) is 0 Å². The number of unbranched alkanes of at least 4 members (excludes halogenated alkanes) is 1. The van der Waals surface area contributed by atoms with E-state index in [1.165, 1.54) is 24.2 Å².